The summed E-state index contributed by atoms with van der Waals surface area (Å²) < 4.78 is 13.6. The molecule has 4 aromatic rings. The van der Waals surface area contributed by atoms with Gasteiger partial charge in [-0.15, -0.1) is 0 Å². The lowest BCUT2D eigenvalue weighted by atomic mass is 9.92. The molecular formula is C27H28N2O4. The van der Waals surface area contributed by atoms with E-state index in [4.69, 9.17) is 14.6 Å². The predicted molar refractivity (Wildman–Crippen MR) is 129 cm³/mol. The third-order valence-corrected chi connectivity index (χ3v) is 5.86. The second-order valence-electron chi connectivity index (χ2n) is 7.95. The molecule has 0 spiro atoms. The van der Waals surface area contributed by atoms with Gasteiger partial charge in [-0.25, -0.2) is 0 Å². The van der Waals surface area contributed by atoms with E-state index in [1.165, 1.54) is 0 Å². The zero-order valence-electron chi connectivity index (χ0n) is 19.2. The number of carboxylic acid groups (broad SMARTS) is 1. The van der Waals surface area contributed by atoms with Crippen LogP contribution in [0.15, 0.2) is 60.8 Å². The Morgan fingerprint density at radius 1 is 1.00 bits per heavy atom. The average Bonchev–Trinajstić information content (AvgIpc) is 3.29. The van der Waals surface area contributed by atoms with Gasteiger partial charge in [-0.05, 0) is 58.5 Å². The van der Waals surface area contributed by atoms with E-state index in [1.54, 1.807) is 14.2 Å². The topological polar surface area (TPSA) is 73.6 Å². The minimum Gasteiger partial charge on any atom is -0.496 e. The SMILES string of the molecule is CCc1ccn(Cc2cc(OC)c(-c3cccc4c(CCC(=O)O)cccc34)c(OC)c2)n1. The van der Waals surface area contributed by atoms with Gasteiger partial charge in [-0.1, -0.05) is 43.3 Å². The normalized spacial score (nSPS) is 11.0. The molecule has 0 aliphatic carbocycles. The molecule has 170 valence electrons. The maximum Gasteiger partial charge on any atom is 0.303 e. The molecule has 0 fully saturated rings. The van der Waals surface area contributed by atoms with Gasteiger partial charge >= 0.3 is 5.97 Å². The number of carboxylic acids is 1. The molecule has 0 saturated heterocycles. The number of nitrogens with zero attached hydrogens (tertiary/aromatic N) is 2. The number of hydrogen-bond acceptors (Lipinski definition) is 4. The van der Waals surface area contributed by atoms with Gasteiger partial charge in [-0.3, -0.25) is 9.48 Å². The zero-order valence-corrected chi connectivity index (χ0v) is 19.2. The van der Waals surface area contributed by atoms with Crippen LogP contribution in [0.5, 0.6) is 11.5 Å². The van der Waals surface area contributed by atoms with Gasteiger partial charge in [0.05, 0.1) is 32.0 Å². The summed E-state index contributed by atoms with van der Waals surface area (Å²) in [7, 11) is 3.32. The molecule has 1 heterocycles. The summed E-state index contributed by atoms with van der Waals surface area (Å²) in [6.45, 7) is 2.70. The summed E-state index contributed by atoms with van der Waals surface area (Å²) in [5.41, 5.74) is 4.95. The average molecular weight is 445 g/mol. The van der Waals surface area contributed by atoms with Crippen molar-refractivity contribution in [1.29, 1.82) is 0 Å². The standard InChI is InChI=1S/C27H28N2O4/c1-4-20-13-14-29(28-20)17-18-15-24(32-2)27(25(16-18)33-3)23-10-6-8-21-19(11-12-26(30)31)7-5-9-22(21)23/h5-10,13-16H,4,11-12,17H2,1-3H3,(H,30,31). The first kappa shape index (κ1) is 22.4. The van der Waals surface area contributed by atoms with Crippen LogP contribution in [0.3, 0.4) is 0 Å². The fraction of sp³-hybridized carbons (Fsp3) is 0.259. The van der Waals surface area contributed by atoms with Crippen LogP contribution in [0, 0.1) is 0 Å². The second-order valence-corrected chi connectivity index (χ2v) is 7.95. The number of rotatable bonds is 9. The van der Waals surface area contributed by atoms with Crippen molar-refractivity contribution in [3.8, 4) is 22.6 Å². The highest BCUT2D eigenvalue weighted by Gasteiger charge is 2.18. The molecule has 3 aromatic carbocycles. The Hall–Kier alpha value is -3.80. The molecule has 1 N–H and O–H groups in total. The summed E-state index contributed by atoms with van der Waals surface area (Å²) in [6.07, 6.45) is 3.45. The van der Waals surface area contributed by atoms with E-state index < -0.39 is 5.97 Å². The van der Waals surface area contributed by atoms with Crippen molar-refractivity contribution >= 4 is 16.7 Å². The van der Waals surface area contributed by atoms with Gasteiger partial charge in [0.25, 0.3) is 0 Å². The van der Waals surface area contributed by atoms with Crippen LogP contribution in [0.1, 0.15) is 30.2 Å². The number of aryl methyl sites for hydroxylation is 2. The molecule has 0 radical (unpaired) electrons. The lowest BCUT2D eigenvalue weighted by Crippen LogP contribution is -2.03. The highest BCUT2D eigenvalue weighted by Crippen LogP contribution is 2.43. The van der Waals surface area contributed by atoms with E-state index in [1.807, 2.05) is 59.4 Å². The fourth-order valence-electron chi connectivity index (χ4n) is 4.24. The van der Waals surface area contributed by atoms with E-state index in [0.29, 0.717) is 13.0 Å². The van der Waals surface area contributed by atoms with Crippen molar-refractivity contribution in [2.45, 2.75) is 32.7 Å². The lowest BCUT2D eigenvalue weighted by molar-refractivity contribution is -0.136. The van der Waals surface area contributed by atoms with Crippen molar-refractivity contribution in [3.05, 3.63) is 77.6 Å². The molecule has 4 rings (SSSR count). The van der Waals surface area contributed by atoms with E-state index in [-0.39, 0.29) is 6.42 Å². The summed E-state index contributed by atoms with van der Waals surface area (Å²) in [6, 6.07) is 18.2. The quantitative estimate of drug-likeness (QED) is 0.377. The van der Waals surface area contributed by atoms with Gasteiger partial charge < -0.3 is 14.6 Å². The van der Waals surface area contributed by atoms with Crippen LogP contribution in [0.2, 0.25) is 0 Å². The van der Waals surface area contributed by atoms with Crippen LogP contribution in [0.4, 0.5) is 0 Å². The van der Waals surface area contributed by atoms with E-state index in [9.17, 15) is 4.79 Å². The monoisotopic (exact) mass is 444 g/mol. The molecule has 0 saturated carbocycles. The Kier molecular flexibility index (Phi) is 6.63. The molecule has 1 aromatic heterocycles. The first-order valence-corrected chi connectivity index (χ1v) is 11.0. The third kappa shape index (κ3) is 4.70. The minimum atomic E-state index is -0.801. The number of ether oxygens (including phenoxy) is 2. The maximum atomic E-state index is 11.1. The van der Waals surface area contributed by atoms with Crippen molar-refractivity contribution in [2.24, 2.45) is 0 Å². The molecule has 0 amide bonds. The molecular weight excluding hydrogens is 416 g/mol. The first-order valence-electron chi connectivity index (χ1n) is 11.0. The molecule has 0 aliphatic heterocycles. The number of aromatic nitrogens is 2. The number of aliphatic carboxylic acids is 1. The Balaban J connectivity index is 1.81. The van der Waals surface area contributed by atoms with Gasteiger partial charge in [0, 0.05) is 12.6 Å². The second kappa shape index (κ2) is 9.77. The van der Waals surface area contributed by atoms with Crippen molar-refractivity contribution in [1.82, 2.24) is 9.78 Å². The maximum absolute atomic E-state index is 11.1. The smallest absolute Gasteiger partial charge is 0.303 e. The van der Waals surface area contributed by atoms with E-state index >= 15 is 0 Å². The molecule has 0 bridgehead atoms. The molecule has 0 unspecified atom stereocenters. The molecule has 0 atom stereocenters. The van der Waals surface area contributed by atoms with Crippen LogP contribution in [-0.2, 0) is 24.2 Å². The Morgan fingerprint density at radius 3 is 2.33 bits per heavy atom. The van der Waals surface area contributed by atoms with Crippen molar-refractivity contribution < 1.29 is 19.4 Å². The fourth-order valence-corrected chi connectivity index (χ4v) is 4.24. The number of carbonyl (C=O) groups is 1. The van der Waals surface area contributed by atoms with Crippen molar-refractivity contribution in [3.63, 3.8) is 0 Å². The number of hydrogen-bond donors (Lipinski definition) is 1. The summed E-state index contributed by atoms with van der Waals surface area (Å²) in [4.78, 5) is 11.1. The number of methoxy groups -OCH3 is 2. The number of benzene rings is 3. The highest BCUT2D eigenvalue weighted by atomic mass is 16.5. The molecule has 6 nitrogen and oxygen atoms in total. The van der Waals surface area contributed by atoms with Gasteiger partial charge in [0.15, 0.2) is 0 Å². The van der Waals surface area contributed by atoms with Crippen LogP contribution in [-0.4, -0.2) is 35.1 Å². The van der Waals surface area contributed by atoms with E-state index in [0.717, 1.165) is 56.6 Å². The van der Waals surface area contributed by atoms with E-state index in [2.05, 4.69) is 18.1 Å². The lowest BCUT2D eigenvalue weighted by Gasteiger charge is -2.18. The largest absolute Gasteiger partial charge is 0.496 e. The predicted octanol–water partition coefficient (Wildman–Crippen LogP) is 5.35. The summed E-state index contributed by atoms with van der Waals surface area (Å²) in [5, 5.41) is 15.8. The van der Waals surface area contributed by atoms with Gasteiger partial charge in [0.2, 0.25) is 0 Å². The molecule has 6 heteroatoms. The van der Waals surface area contributed by atoms with Gasteiger partial charge in [-0.2, -0.15) is 5.10 Å². The first-order chi connectivity index (χ1) is 16.0. The third-order valence-electron chi connectivity index (χ3n) is 5.86. The minimum absolute atomic E-state index is 0.0951. The Morgan fingerprint density at radius 2 is 1.70 bits per heavy atom. The molecule has 0 aliphatic rings. The molecule has 33 heavy (non-hydrogen) atoms. The Bertz CT molecular complexity index is 1270. The van der Waals surface area contributed by atoms with Crippen LogP contribution in [0.25, 0.3) is 21.9 Å². The highest BCUT2D eigenvalue weighted by molar-refractivity contribution is 6.01. The van der Waals surface area contributed by atoms with Gasteiger partial charge in [0.1, 0.15) is 11.5 Å². The zero-order chi connectivity index (χ0) is 23.4. The number of fused-ring (bicyclic) bond motifs is 1. The van der Waals surface area contributed by atoms with Crippen molar-refractivity contribution in [2.75, 3.05) is 14.2 Å². The summed E-state index contributed by atoms with van der Waals surface area (Å²) in [5.74, 6) is 0.636. The Labute approximate surface area is 193 Å². The van der Waals surface area contributed by atoms with Crippen LogP contribution >= 0.6 is 0 Å². The van der Waals surface area contributed by atoms with Crippen LogP contribution < -0.4 is 9.47 Å². The summed E-state index contributed by atoms with van der Waals surface area (Å²) >= 11 is 0.